The molecule has 5 heteroatoms. The molecule has 0 aromatic heterocycles. The number of piperidine rings is 1. The molecule has 1 saturated heterocycles. The molecular formula is C15H21N3O2. The molecule has 1 heterocycles. The van der Waals surface area contributed by atoms with Crippen LogP contribution >= 0.6 is 0 Å². The summed E-state index contributed by atoms with van der Waals surface area (Å²) in [5.74, 6) is 0.724. The lowest BCUT2D eigenvalue weighted by atomic mass is 9.91. The monoisotopic (exact) mass is 275 g/mol. The third-order valence-corrected chi connectivity index (χ3v) is 4.77. The molecule has 108 valence electrons. The average Bonchev–Trinajstić information content (AvgIpc) is 2.94. The molecule has 2 unspecified atom stereocenters. The van der Waals surface area contributed by atoms with Crippen LogP contribution in [0.3, 0.4) is 0 Å². The van der Waals surface area contributed by atoms with Crippen LogP contribution in [-0.2, 0) is 0 Å². The zero-order valence-electron chi connectivity index (χ0n) is 11.8. The van der Waals surface area contributed by atoms with Gasteiger partial charge in [0.1, 0.15) is 11.4 Å². The van der Waals surface area contributed by atoms with Crippen LogP contribution in [0.2, 0.25) is 0 Å². The van der Waals surface area contributed by atoms with Gasteiger partial charge >= 0.3 is 5.69 Å². The van der Waals surface area contributed by atoms with E-state index in [1.807, 2.05) is 12.1 Å². The van der Waals surface area contributed by atoms with E-state index >= 15 is 0 Å². The van der Waals surface area contributed by atoms with E-state index in [4.69, 9.17) is 0 Å². The number of hydrogen-bond donors (Lipinski definition) is 1. The molecule has 3 rings (SSSR count). The molecular weight excluding hydrogens is 254 g/mol. The molecule has 5 nitrogen and oxygen atoms in total. The third-order valence-electron chi connectivity index (χ3n) is 4.77. The number of nitro groups is 1. The summed E-state index contributed by atoms with van der Waals surface area (Å²) in [4.78, 5) is 13.5. The van der Waals surface area contributed by atoms with E-state index < -0.39 is 0 Å². The standard InChI is InChI=1S/C15H21N3O2/c1-16-12-7-3-9-14(15(12)18(19)20)17-10-4-6-11-5-2-8-13(11)17/h3,7,9,11,13,16H,2,4-6,8,10H2,1H3. The molecule has 2 atom stereocenters. The van der Waals surface area contributed by atoms with Crippen molar-refractivity contribution in [3.05, 3.63) is 28.3 Å². The van der Waals surface area contributed by atoms with Gasteiger partial charge < -0.3 is 10.2 Å². The topological polar surface area (TPSA) is 58.4 Å². The van der Waals surface area contributed by atoms with E-state index in [1.165, 1.54) is 25.7 Å². The molecule has 1 saturated carbocycles. The summed E-state index contributed by atoms with van der Waals surface area (Å²) in [6, 6.07) is 6.08. The van der Waals surface area contributed by atoms with E-state index in [-0.39, 0.29) is 10.6 Å². The zero-order valence-corrected chi connectivity index (χ0v) is 11.8. The molecule has 1 aliphatic carbocycles. The lowest BCUT2D eigenvalue weighted by Gasteiger charge is -2.39. The minimum Gasteiger partial charge on any atom is -0.382 e. The van der Waals surface area contributed by atoms with Gasteiger partial charge in [-0.2, -0.15) is 0 Å². The first-order chi connectivity index (χ1) is 9.72. The molecule has 2 fully saturated rings. The summed E-state index contributed by atoms with van der Waals surface area (Å²) in [6.07, 6.45) is 6.13. The highest BCUT2D eigenvalue weighted by molar-refractivity contribution is 5.77. The van der Waals surface area contributed by atoms with Crippen molar-refractivity contribution in [2.24, 2.45) is 5.92 Å². The maximum atomic E-state index is 11.5. The van der Waals surface area contributed by atoms with Crippen LogP contribution in [0.1, 0.15) is 32.1 Å². The van der Waals surface area contributed by atoms with Crippen molar-refractivity contribution in [1.82, 2.24) is 0 Å². The molecule has 0 radical (unpaired) electrons. The maximum Gasteiger partial charge on any atom is 0.315 e. The minimum absolute atomic E-state index is 0.225. The molecule has 2 aliphatic rings. The number of rotatable bonds is 3. The van der Waals surface area contributed by atoms with Crippen molar-refractivity contribution in [3.63, 3.8) is 0 Å². The van der Waals surface area contributed by atoms with Crippen molar-refractivity contribution in [1.29, 1.82) is 0 Å². The summed E-state index contributed by atoms with van der Waals surface area (Å²) in [7, 11) is 1.74. The Bertz CT molecular complexity index is 518. The number of anilines is 2. The van der Waals surface area contributed by atoms with Crippen LogP contribution in [0, 0.1) is 16.0 Å². The van der Waals surface area contributed by atoms with E-state index in [9.17, 15) is 10.1 Å². The second-order valence-electron chi connectivity index (χ2n) is 5.77. The molecule has 1 N–H and O–H groups in total. The van der Waals surface area contributed by atoms with Gasteiger partial charge in [-0.15, -0.1) is 0 Å². The molecule has 0 amide bonds. The maximum absolute atomic E-state index is 11.5. The predicted molar refractivity (Wildman–Crippen MR) is 80.4 cm³/mol. The van der Waals surface area contributed by atoms with Crippen LogP contribution in [0.4, 0.5) is 17.1 Å². The Balaban J connectivity index is 2.02. The van der Waals surface area contributed by atoms with Gasteiger partial charge in [0.2, 0.25) is 0 Å². The number of fused-ring (bicyclic) bond motifs is 1. The van der Waals surface area contributed by atoms with Gasteiger partial charge in [-0.25, -0.2) is 0 Å². The van der Waals surface area contributed by atoms with Crippen molar-refractivity contribution in [3.8, 4) is 0 Å². The lowest BCUT2D eigenvalue weighted by molar-refractivity contribution is -0.383. The molecule has 1 aromatic rings. The van der Waals surface area contributed by atoms with Gasteiger partial charge in [0.05, 0.1) is 4.92 Å². The first kappa shape index (κ1) is 13.2. The number of nitro benzene ring substituents is 1. The predicted octanol–water partition coefficient (Wildman–Crippen LogP) is 3.41. The van der Waals surface area contributed by atoms with Gasteiger partial charge in [-0.3, -0.25) is 10.1 Å². The van der Waals surface area contributed by atoms with Gasteiger partial charge in [-0.05, 0) is 43.7 Å². The van der Waals surface area contributed by atoms with Gasteiger partial charge in [0.25, 0.3) is 0 Å². The van der Waals surface area contributed by atoms with Crippen molar-refractivity contribution < 1.29 is 4.92 Å². The molecule has 0 bridgehead atoms. The smallest absolute Gasteiger partial charge is 0.315 e. The van der Waals surface area contributed by atoms with Crippen LogP contribution in [0.15, 0.2) is 18.2 Å². The Kier molecular flexibility index (Phi) is 3.51. The Morgan fingerprint density at radius 3 is 2.85 bits per heavy atom. The number of para-hydroxylation sites is 1. The van der Waals surface area contributed by atoms with E-state index in [0.717, 1.165) is 24.6 Å². The van der Waals surface area contributed by atoms with Crippen molar-refractivity contribution in [2.75, 3.05) is 23.8 Å². The van der Waals surface area contributed by atoms with Gasteiger partial charge in [0.15, 0.2) is 0 Å². The lowest BCUT2D eigenvalue weighted by Crippen LogP contribution is -2.42. The highest BCUT2D eigenvalue weighted by atomic mass is 16.6. The summed E-state index contributed by atoms with van der Waals surface area (Å²) >= 11 is 0. The van der Waals surface area contributed by atoms with Crippen LogP contribution in [-0.4, -0.2) is 24.6 Å². The van der Waals surface area contributed by atoms with E-state index in [2.05, 4.69) is 10.2 Å². The number of benzene rings is 1. The second-order valence-corrected chi connectivity index (χ2v) is 5.77. The van der Waals surface area contributed by atoms with Crippen LogP contribution in [0.5, 0.6) is 0 Å². The fraction of sp³-hybridized carbons (Fsp3) is 0.600. The third kappa shape index (κ3) is 2.11. The Morgan fingerprint density at radius 1 is 1.30 bits per heavy atom. The summed E-state index contributed by atoms with van der Waals surface area (Å²) < 4.78 is 0. The second kappa shape index (κ2) is 5.31. The fourth-order valence-corrected chi connectivity index (χ4v) is 3.91. The van der Waals surface area contributed by atoms with Gasteiger partial charge in [0, 0.05) is 19.6 Å². The minimum atomic E-state index is -0.250. The van der Waals surface area contributed by atoms with Crippen molar-refractivity contribution >= 4 is 17.1 Å². The molecule has 0 spiro atoms. The Hall–Kier alpha value is -1.78. The zero-order chi connectivity index (χ0) is 14.1. The summed E-state index contributed by atoms with van der Waals surface area (Å²) in [5, 5.41) is 14.4. The number of hydrogen-bond acceptors (Lipinski definition) is 4. The Morgan fingerprint density at radius 2 is 2.10 bits per heavy atom. The average molecular weight is 275 g/mol. The Labute approximate surface area is 119 Å². The van der Waals surface area contributed by atoms with Crippen LogP contribution in [0.25, 0.3) is 0 Å². The number of nitrogens with zero attached hydrogens (tertiary/aromatic N) is 2. The molecule has 20 heavy (non-hydrogen) atoms. The van der Waals surface area contributed by atoms with Crippen LogP contribution < -0.4 is 10.2 Å². The highest BCUT2D eigenvalue weighted by Gasteiger charge is 2.37. The SMILES string of the molecule is CNc1cccc(N2CCCC3CCCC32)c1[N+](=O)[O-]. The van der Waals surface area contributed by atoms with Gasteiger partial charge in [-0.1, -0.05) is 12.5 Å². The normalized spacial score (nSPS) is 25.4. The fourth-order valence-electron chi connectivity index (χ4n) is 3.91. The highest BCUT2D eigenvalue weighted by Crippen LogP contribution is 2.43. The molecule has 1 aliphatic heterocycles. The largest absolute Gasteiger partial charge is 0.382 e. The summed E-state index contributed by atoms with van der Waals surface area (Å²) in [5.41, 5.74) is 1.62. The first-order valence-electron chi connectivity index (χ1n) is 7.44. The van der Waals surface area contributed by atoms with E-state index in [0.29, 0.717) is 11.7 Å². The first-order valence-corrected chi connectivity index (χ1v) is 7.44. The van der Waals surface area contributed by atoms with E-state index in [1.54, 1.807) is 13.1 Å². The van der Waals surface area contributed by atoms with Crippen molar-refractivity contribution in [2.45, 2.75) is 38.1 Å². The number of nitrogens with one attached hydrogen (secondary N) is 1. The molecule has 1 aromatic carbocycles. The summed E-state index contributed by atoms with van der Waals surface area (Å²) in [6.45, 7) is 0.940. The quantitative estimate of drug-likeness (QED) is 0.678.